The summed E-state index contributed by atoms with van der Waals surface area (Å²) in [4.78, 5) is 0. The van der Waals surface area contributed by atoms with Gasteiger partial charge in [0.1, 0.15) is 0 Å². The zero-order chi connectivity index (χ0) is 14.4. The Kier molecular flexibility index (Phi) is 13.1. The molecule has 0 saturated heterocycles. The second kappa shape index (κ2) is 13.1. The Morgan fingerprint density at radius 2 is 1.32 bits per heavy atom. The van der Waals surface area contributed by atoms with Crippen molar-refractivity contribution in [2.75, 3.05) is 39.4 Å². The molecule has 0 bridgehead atoms. The largest absolute Gasteiger partial charge is 0.395 e. The molecule has 0 aliphatic heterocycles. The van der Waals surface area contributed by atoms with Crippen LogP contribution in [-0.2, 0) is 8.85 Å². The minimum Gasteiger partial charge on any atom is -0.395 e. The molecule has 2 N–H and O–H groups in total. The van der Waals surface area contributed by atoms with Crippen molar-refractivity contribution in [2.45, 2.75) is 52.6 Å². The summed E-state index contributed by atoms with van der Waals surface area (Å²) in [6, 6.07) is 1.07. The molecule has 0 aliphatic carbocycles. The second-order valence-corrected chi connectivity index (χ2v) is 8.30. The normalized spacial score (nSPS) is 12.0. The van der Waals surface area contributed by atoms with Crippen LogP contribution in [0.1, 0.15) is 40.0 Å². The molecule has 0 aliphatic rings. The molecule has 0 unspecified atom stereocenters. The summed E-state index contributed by atoms with van der Waals surface area (Å²) >= 11 is 0. The van der Waals surface area contributed by atoms with Crippen molar-refractivity contribution >= 4 is 8.56 Å². The molecule has 0 amide bonds. The molecule has 4 nitrogen and oxygen atoms in total. The molecule has 0 saturated carbocycles. The van der Waals surface area contributed by atoms with Crippen molar-refractivity contribution in [1.82, 2.24) is 10.6 Å². The van der Waals surface area contributed by atoms with E-state index in [-0.39, 0.29) is 0 Å². The maximum absolute atomic E-state index is 5.82. The highest BCUT2D eigenvalue weighted by Crippen LogP contribution is 2.15. The van der Waals surface area contributed by atoms with Crippen LogP contribution in [-0.4, -0.2) is 48.0 Å². The molecule has 0 aromatic carbocycles. The molecule has 0 fully saturated rings. The van der Waals surface area contributed by atoms with Crippen LogP contribution in [0.3, 0.4) is 0 Å². The fraction of sp³-hybridized carbons (Fsp3) is 1.00. The molecule has 0 rings (SSSR count). The molecule has 19 heavy (non-hydrogen) atoms. The van der Waals surface area contributed by atoms with Gasteiger partial charge in [-0.15, -0.1) is 0 Å². The molecule has 0 aromatic heterocycles. The SMILES string of the molecule is CCCCNCCNCCC[Si](C)(OCC)OCC. The Morgan fingerprint density at radius 3 is 1.79 bits per heavy atom. The van der Waals surface area contributed by atoms with Crippen LogP contribution < -0.4 is 10.6 Å². The summed E-state index contributed by atoms with van der Waals surface area (Å²) in [5.41, 5.74) is 0. The van der Waals surface area contributed by atoms with Crippen LogP contribution in [0, 0.1) is 0 Å². The van der Waals surface area contributed by atoms with Gasteiger partial charge >= 0.3 is 8.56 Å². The number of rotatable bonds is 14. The molecule has 0 heterocycles. The standard InChI is InChI=1S/C14H34N2O2Si/c1-5-8-10-15-12-13-16-11-9-14-19(4,17-6-2)18-7-3/h15-16H,5-14H2,1-4H3. The van der Waals surface area contributed by atoms with Gasteiger partial charge in [-0.2, -0.15) is 0 Å². The average molecular weight is 291 g/mol. The van der Waals surface area contributed by atoms with Gasteiger partial charge in [-0.05, 0) is 52.4 Å². The summed E-state index contributed by atoms with van der Waals surface area (Å²) in [5, 5.41) is 6.90. The summed E-state index contributed by atoms with van der Waals surface area (Å²) < 4.78 is 11.6. The Bertz CT molecular complexity index is 188. The number of nitrogens with one attached hydrogen (secondary N) is 2. The van der Waals surface area contributed by atoms with E-state index in [4.69, 9.17) is 8.85 Å². The monoisotopic (exact) mass is 290 g/mol. The lowest BCUT2D eigenvalue weighted by molar-refractivity contribution is 0.188. The van der Waals surface area contributed by atoms with E-state index < -0.39 is 8.56 Å². The number of hydrogen-bond donors (Lipinski definition) is 2. The van der Waals surface area contributed by atoms with Gasteiger partial charge < -0.3 is 19.5 Å². The van der Waals surface area contributed by atoms with E-state index in [1.807, 2.05) is 13.8 Å². The van der Waals surface area contributed by atoms with Gasteiger partial charge in [-0.1, -0.05) is 13.3 Å². The van der Waals surface area contributed by atoms with E-state index in [0.717, 1.165) is 51.9 Å². The van der Waals surface area contributed by atoms with Crippen LogP contribution in [0.2, 0.25) is 12.6 Å². The topological polar surface area (TPSA) is 42.5 Å². The third kappa shape index (κ3) is 11.6. The first kappa shape index (κ1) is 19.1. The summed E-state index contributed by atoms with van der Waals surface area (Å²) in [5.74, 6) is 0. The number of unbranched alkanes of at least 4 members (excludes halogenated alkanes) is 1. The summed E-state index contributed by atoms with van der Waals surface area (Å²) in [6.07, 6.45) is 3.67. The van der Waals surface area contributed by atoms with E-state index in [0.29, 0.717) is 0 Å². The molecule has 0 radical (unpaired) electrons. The van der Waals surface area contributed by atoms with Gasteiger partial charge in [0.05, 0.1) is 0 Å². The minimum atomic E-state index is -1.89. The van der Waals surface area contributed by atoms with Crippen LogP contribution in [0.25, 0.3) is 0 Å². The van der Waals surface area contributed by atoms with Crippen molar-refractivity contribution in [3.05, 3.63) is 0 Å². The Balaban J connectivity index is 3.44. The predicted molar refractivity (Wildman–Crippen MR) is 84.9 cm³/mol. The summed E-state index contributed by atoms with van der Waals surface area (Å²) in [7, 11) is -1.89. The van der Waals surface area contributed by atoms with Gasteiger partial charge in [-0.3, -0.25) is 0 Å². The minimum absolute atomic E-state index is 0.761. The highest BCUT2D eigenvalue weighted by atomic mass is 28.4. The third-order valence-corrected chi connectivity index (χ3v) is 6.13. The lowest BCUT2D eigenvalue weighted by Gasteiger charge is -2.25. The zero-order valence-electron chi connectivity index (χ0n) is 13.4. The van der Waals surface area contributed by atoms with Crippen molar-refractivity contribution in [2.24, 2.45) is 0 Å². The lowest BCUT2D eigenvalue weighted by atomic mass is 10.3. The Hall–Kier alpha value is 0.0569. The van der Waals surface area contributed by atoms with Crippen molar-refractivity contribution in [3.8, 4) is 0 Å². The van der Waals surface area contributed by atoms with E-state index in [2.05, 4.69) is 24.1 Å². The highest BCUT2D eigenvalue weighted by Gasteiger charge is 2.29. The van der Waals surface area contributed by atoms with Gasteiger partial charge in [0.25, 0.3) is 0 Å². The smallest absolute Gasteiger partial charge is 0.334 e. The average Bonchev–Trinajstić information content (AvgIpc) is 2.37. The van der Waals surface area contributed by atoms with E-state index >= 15 is 0 Å². The Labute approximate surface area is 120 Å². The van der Waals surface area contributed by atoms with Crippen LogP contribution >= 0.6 is 0 Å². The molecule has 116 valence electrons. The number of hydrogen-bond acceptors (Lipinski definition) is 4. The zero-order valence-corrected chi connectivity index (χ0v) is 14.4. The van der Waals surface area contributed by atoms with Crippen LogP contribution in [0.5, 0.6) is 0 Å². The molecular weight excluding hydrogens is 256 g/mol. The van der Waals surface area contributed by atoms with Crippen molar-refractivity contribution in [3.63, 3.8) is 0 Å². The van der Waals surface area contributed by atoms with Gasteiger partial charge in [-0.25, -0.2) is 0 Å². The molecule has 0 aromatic rings. The first-order valence-corrected chi connectivity index (χ1v) is 10.4. The molecular formula is C14H34N2O2Si. The molecule has 0 atom stereocenters. The third-order valence-electron chi connectivity index (χ3n) is 3.07. The van der Waals surface area contributed by atoms with Crippen molar-refractivity contribution < 1.29 is 8.85 Å². The van der Waals surface area contributed by atoms with Crippen LogP contribution in [0.15, 0.2) is 0 Å². The maximum atomic E-state index is 5.82. The van der Waals surface area contributed by atoms with Gasteiger partial charge in [0.2, 0.25) is 0 Å². The predicted octanol–water partition coefficient (Wildman–Crippen LogP) is 2.50. The van der Waals surface area contributed by atoms with Crippen molar-refractivity contribution in [1.29, 1.82) is 0 Å². The first-order chi connectivity index (χ1) is 9.18. The fourth-order valence-electron chi connectivity index (χ4n) is 2.06. The molecule has 0 spiro atoms. The second-order valence-electron chi connectivity index (χ2n) is 4.96. The maximum Gasteiger partial charge on any atom is 0.334 e. The van der Waals surface area contributed by atoms with E-state index in [9.17, 15) is 0 Å². The van der Waals surface area contributed by atoms with E-state index in [1.165, 1.54) is 12.8 Å². The quantitative estimate of drug-likeness (QED) is 0.381. The highest BCUT2D eigenvalue weighted by molar-refractivity contribution is 6.66. The van der Waals surface area contributed by atoms with E-state index in [1.54, 1.807) is 0 Å². The first-order valence-electron chi connectivity index (χ1n) is 7.87. The summed E-state index contributed by atoms with van der Waals surface area (Å²) in [6.45, 7) is 14.3. The Morgan fingerprint density at radius 1 is 0.789 bits per heavy atom. The molecule has 5 heteroatoms. The van der Waals surface area contributed by atoms with Gasteiger partial charge in [0.15, 0.2) is 0 Å². The van der Waals surface area contributed by atoms with Crippen LogP contribution in [0.4, 0.5) is 0 Å². The lowest BCUT2D eigenvalue weighted by Crippen LogP contribution is -2.39. The van der Waals surface area contributed by atoms with Gasteiger partial charge in [0, 0.05) is 26.3 Å². The fourth-order valence-corrected chi connectivity index (χ4v) is 4.47.